The number of nitrogens with one attached hydrogen (secondary N) is 1. The Labute approximate surface area is 104 Å². The molecule has 0 radical (unpaired) electrons. The number of hydrogen-bond donors (Lipinski definition) is 3. The van der Waals surface area contributed by atoms with Gasteiger partial charge in [-0.05, 0) is 39.9 Å². The van der Waals surface area contributed by atoms with Crippen molar-refractivity contribution in [3.63, 3.8) is 0 Å². The van der Waals surface area contributed by atoms with Gasteiger partial charge in [0.1, 0.15) is 0 Å². The Bertz CT molecular complexity index is 228. The third kappa shape index (κ3) is 11.2. The Kier molecular flexibility index (Phi) is 10.7. The minimum atomic E-state index is 0.431. The van der Waals surface area contributed by atoms with Crippen molar-refractivity contribution >= 4 is 6.21 Å². The molecule has 0 aliphatic heterocycles. The first-order valence-corrected chi connectivity index (χ1v) is 6.13. The molecule has 0 bridgehead atoms. The number of hydroxylamine groups is 1. The number of allylic oxidation sites excluding steroid dienone is 2. The Morgan fingerprint density at radius 2 is 1.82 bits per heavy atom. The van der Waals surface area contributed by atoms with Crippen LogP contribution in [0.5, 0.6) is 0 Å². The van der Waals surface area contributed by atoms with Crippen LogP contribution in [0.25, 0.3) is 0 Å². The number of nitrogens with zero attached hydrogens (tertiary/aromatic N) is 2. The van der Waals surface area contributed by atoms with E-state index in [1.54, 1.807) is 0 Å². The lowest BCUT2D eigenvalue weighted by Crippen LogP contribution is -2.12. The lowest BCUT2D eigenvalue weighted by Gasteiger charge is -2.08. The summed E-state index contributed by atoms with van der Waals surface area (Å²) in [5.74, 6) is 0. The SMILES string of the molecule is CN(C)CCCCCCC/C=C(/C=N\O)NO. The molecule has 17 heavy (non-hydrogen) atoms. The fourth-order valence-corrected chi connectivity index (χ4v) is 1.55. The average Bonchev–Trinajstić information content (AvgIpc) is 2.30. The van der Waals surface area contributed by atoms with Gasteiger partial charge in [0, 0.05) is 0 Å². The number of hydrogen-bond acceptors (Lipinski definition) is 5. The highest BCUT2D eigenvalue weighted by atomic mass is 16.5. The van der Waals surface area contributed by atoms with Crippen LogP contribution in [0.4, 0.5) is 0 Å². The van der Waals surface area contributed by atoms with Crippen LogP contribution in [-0.2, 0) is 0 Å². The predicted octanol–water partition coefficient (Wildman–Crippen LogP) is 2.21. The van der Waals surface area contributed by atoms with Gasteiger partial charge in [-0.2, -0.15) is 0 Å². The van der Waals surface area contributed by atoms with Crippen LogP contribution < -0.4 is 5.48 Å². The second-order valence-electron chi connectivity index (χ2n) is 4.38. The van der Waals surface area contributed by atoms with Gasteiger partial charge in [-0.3, -0.25) is 10.7 Å². The quantitative estimate of drug-likeness (QED) is 0.238. The Hall–Kier alpha value is -1.07. The molecule has 0 aliphatic carbocycles. The first kappa shape index (κ1) is 15.9. The normalized spacial score (nSPS) is 12.6. The van der Waals surface area contributed by atoms with E-state index in [-0.39, 0.29) is 0 Å². The second-order valence-corrected chi connectivity index (χ2v) is 4.38. The van der Waals surface area contributed by atoms with Crippen LogP contribution in [-0.4, -0.2) is 42.2 Å². The summed E-state index contributed by atoms with van der Waals surface area (Å²) in [4.78, 5) is 2.20. The lowest BCUT2D eigenvalue weighted by atomic mass is 10.1. The van der Waals surface area contributed by atoms with Crippen LogP contribution in [0.2, 0.25) is 0 Å². The number of rotatable bonds is 10. The zero-order valence-electron chi connectivity index (χ0n) is 10.9. The van der Waals surface area contributed by atoms with Gasteiger partial charge >= 0.3 is 0 Å². The summed E-state index contributed by atoms with van der Waals surface area (Å²) >= 11 is 0. The smallest absolute Gasteiger partial charge is 0.0912 e. The van der Waals surface area contributed by atoms with Crippen molar-refractivity contribution in [1.82, 2.24) is 10.4 Å². The third-order valence-electron chi connectivity index (χ3n) is 2.50. The second kappa shape index (κ2) is 11.4. The Morgan fingerprint density at radius 3 is 2.41 bits per heavy atom. The maximum absolute atomic E-state index is 8.66. The summed E-state index contributed by atoms with van der Waals surface area (Å²) in [5, 5.41) is 19.8. The van der Waals surface area contributed by atoms with Crippen LogP contribution in [0, 0.1) is 0 Å². The standard InChI is InChI=1S/C12H25N3O2/c1-15(2)10-8-6-4-3-5-7-9-12(14-17)11-13-16/h9,11,14,16-17H,3-8,10H2,1-2H3/b12-9-,13-11-. The molecule has 0 aliphatic rings. The van der Waals surface area contributed by atoms with Crippen LogP contribution >= 0.6 is 0 Å². The summed E-state index contributed by atoms with van der Waals surface area (Å²) in [6, 6.07) is 0. The Morgan fingerprint density at radius 1 is 1.18 bits per heavy atom. The van der Waals surface area contributed by atoms with Crippen molar-refractivity contribution in [3.8, 4) is 0 Å². The van der Waals surface area contributed by atoms with E-state index in [1.165, 1.54) is 31.9 Å². The van der Waals surface area contributed by atoms with Gasteiger partial charge in [0.15, 0.2) is 0 Å². The minimum Gasteiger partial charge on any atom is -0.411 e. The van der Waals surface area contributed by atoms with Crippen molar-refractivity contribution in [2.24, 2.45) is 5.16 Å². The Balaban J connectivity index is 3.39. The first-order valence-electron chi connectivity index (χ1n) is 6.13. The molecular formula is C12H25N3O2. The van der Waals surface area contributed by atoms with E-state index in [9.17, 15) is 0 Å². The molecule has 0 rings (SSSR count). The van der Waals surface area contributed by atoms with E-state index >= 15 is 0 Å². The summed E-state index contributed by atoms with van der Waals surface area (Å²) in [7, 11) is 4.19. The maximum Gasteiger partial charge on any atom is 0.0912 e. The summed E-state index contributed by atoms with van der Waals surface area (Å²) in [6.07, 6.45) is 9.93. The van der Waals surface area contributed by atoms with E-state index in [4.69, 9.17) is 10.4 Å². The topological polar surface area (TPSA) is 68.1 Å². The first-order chi connectivity index (χ1) is 8.20. The fraction of sp³-hybridized carbons (Fsp3) is 0.750. The summed E-state index contributed by atoms with van der Waals surface area (Å²) in [5.41, 5.74) is 2.40. The zero-order valence-corrected chi connectivity index (χ0v) is 10.9. The lowest BCUT2D eigenvalue weighted by molar-refractivity contribution is 0.206. The van der Waals surface area contributed by atoms with Crippen molar-refractivity contribution in [2.75, 3.05) is 20.6 Å². The molecule has 0 saturated carbocycles. The molecule has 0 saturated heterocycles. The predicted molar refractivity (Wildman–Crippen MR) is 69.5 cm³/mol. The zero-order chi connectivity index (χ0) is 12.9. The largest absolute Gasteiger partial charge is 0.411 e. The summed E-state index contributed by atoms with van der Waals surface area (Å²) in [6.45, 7) is 1.16. The monoisotopic (exact) mass is 243 g/mol. The van der Waals surface area contributed by atoms with Crippen molar-refractivity contribution in [1.29, 1.82) is 0 Å². The maximum atomic E-state index is 8.66. The van der Waals surface area contributed by atoms with Crippen LogP contribution in [0.3, 0.4) is 0 Å². The van der Waals surface area contributed by atoms with Crippen molar-refractivity contribution in [3.05, 3.63) is 11.8 Å². The van der Waals surface area contributed by atoms with E-state index in [0.29, 0.717) is 5.70 Å². The highest BCUT2D eigenvalue weighted by Crippen LogP contribution is 2.06. The molecule has 0 fully saturated rings. The van der Waals surface area contributed by atoms with E-state index in [1.807, 2.05) is 11.6 Å². The molecule has 0 aromatic rings. The van der Waals surface area contributed by atoms with Crippen LogP contribution in [0.1, 0.15) is 38.5 Å². The molecule has 5 nitrogen and oxygen atoms in total. The highest BCUT2D eigenvalue weighted by Gasteiger charge is 1.93. The van der Waals surface area contributed by atoms with Crippen molar-refractivity contribution in [2.45, 2.75) is 38.5 Å². The average molecular weight is 243 g/mol. The van der Waals surface area contributed by atoms with Gasteiger partial charge in [0.05, 0.1) is 11.9 Å². The number of unbranched alkanes of at least 4 members (excludes halogenated alkanes) is 5. The van der Waals surface area contributed by atoms with Crippen LogP contribution in [0.15, 0.2) is 16.9 Å². The summed E-state index contributed by atoms with van der Waals surface area (Å²) < 4.78 is 0. The molecule has 0 heterocycles. The van der Waals surface area contributed by atoms with Gasteiger partial charge in [-0.25, -0.2) is 0 Å². The molecule has 0 amide bonds. The molecule has 5 heteroatoms. The molecule has 3 N–H and O–H groups in total. The highest BCUT2D eigenvalue weighted by molar-refractivity contribution is 5.76. The van der Waals surface area contributed by atoms with Gasteiger partial charge in [0.25, 0.3) is 0 Å². The fourth-order valence-electron chi connectivity index (χ4n) is 1.55. The molecule has 0 aromatic carbocycles. The van der Waals surface area contributed by atoms with E-state index in [2.05, 4.69) is 24.2 Å². The minimum absolute atomic E-state index is 0.431. The molecule has 0 spiro atoms. The molecular weight excluding hydrogens is 218 g/mol. The van der Waals surface area contributed by atoms with E-state index < -0.39 is 0 Å². The van der Waals surface area contributed by atoms with Gasteiger partial charge in [-0.15, -0.1) is 0 Å². The third-order valence-corrected chi connectivity index (χ3v) is 2.50. The van der Waals surface area contributed by atoms with E-state index in [0.717, 1.165) is 19.4 Å². The van der Waals surface area contributed by atoms with Gasteiger partial charge < -0.3 is 10.1 Å². The van der Waals surface area contributed by atoms with Crippen molar-refractivity contribution < 1.29 is 10.4 Å². The molecule has 0 unspecified atom stereocenters. The molecule has 0 aromatic heterocycles. The van der Waals surface area contributed by atoms with Gasteiger partial charge in [0.2, 0.25) is 0 Å². The van der Waals surface area contributed by atoms with Gasteiger partial charge in [-0.1, -0.05) is 30.5 Å². The number of oxime groups is 1. The molecule has 100 valence electrons. The molecule has 0 atom stereocenters.